The highest BCUT2D eigenvalue weighted by Gasteiger charge is 2.51. The number of pyridine rings is 1. The van der Waals surface area contributed by atoms with Crippen LogP contribution in [0.1, 0.15) is 71.3 Å². The average Bonchev–Trinajstić information content (AvgIpc) is 2.69. The molecule has 0 spiro atoms. The maximum atomic E-state index is 6.36. The lowest BCUT2D eigenvalue weighted by atomic mass is 9.77. The molecule has 0 unspecified atom stereocenters. The molecule has 1 aliphatic carbocycles. The summed E-state index contributed by atoms with van der Waals surface area (Å²) in [5, 5.41) is 0.632. The molecule has 0 bridgehead atoms. The van der Waals surface area contributed by atoms with Crippen molar-refractivity contribution >= 4 is 24.2 Å². The van der Waals surface area contributed by atoms with Gasteiger partial charge in [0.05, 0.1) is 11.2 Å². The van der Waals surface area contributed by atoms with Crippen molar-refractivity contribution in [3.05, 3.63) is 23.0 Å². The van der Waals surface area contributed by atoms with Crippen LogP contribution >= 0.6 is 11.6 Å². The highest BCUT2D eigenvalue weighted by atomic mass is 35.5. The van der Waals surface area contributed by atoms with E-state index < -0.39 is 0 Å². The lowest BCUT2D eigenvalue weighted by Gasteiger charge is -2.32. The van der Waals surface area contributed by atoms with E-state index in [0.29, 0.717) is 11.1 Å². The van der Waals surface area contributed by atoms with Crippen LogP contribution in [-0.2, 0) is 9.31 Å². The summed E-state index contributed by atoms with van der Waals surface area (Å²) >= 11 is 6.36. The lowest BCUT2D eigenvalue weighted by Crippen LogP contribution is -2.41. The summed E-state index contributed by atoms with van der Waals surface area (Å²) in [6.45, 7) is 8.27. The molecule has 3 rings (SSSR count). The van der Waals surface area contributed by atoms with Gasteiger partial charge in [-0.05, 0) is 52.0 Å². The smallest absolute Gasteiger partial charge is 0.399 e. The van der Waals surface area contributed by atoms with E-state index in [2.05, 4.69) is 38.7 Å². The summed E-state index contributed by atoms with van der Waals surface area (Å²) in [6.07, 6.45) is 8.08. The standard InChI is InChI=1S/C17H25BClNO2/c1-16(2)17(3,4)22-18(21-16)13-10-14(15(19)20-11-13)12-8-6-5-7-9-12/h10-12H,5-9H2,1-4H3. The number of aromatic nitrogens is 1. The van der Waals surface area contributed by atoms with Crippen LogP contribution in [0.25, 0.3) is 0 Å². The minimum atomic E-state index is -0.364. The van der Waals surface area contributed by atoms with Crippen LogP contribution in [-0.4, -0.2) is 23.3 Å². The van der Waals surface area contributed by atoms with Crippen molar-refractivity contribution in [2.75, 3.05) is 0 Å². The molecule has 0 atom stereocenters. The topological polar surface area (TPSA) is 31.4 Å². The lowest BCUT2D eigenvalue weighted by molar-refractivity contribution is 0.00578. The first-order chi connectivity index (χ1) is 10.3. The summed E-state index contributed by atoms with van der Waals surface area (Å²) in [6, 6.07) is 2.15. The first kappa shape index (κ1) is 16.3. The Kier molecular flexibility index (Phi) is 4.30. The van der Waals surface area contributed by atoms with Crippen LogP contribution in [0.2, 0.25) is 5.15 Å². The van der Waals surface area contributed by atoms with E-state index in [1.165, 1.54) is 32.1 Å². The fourth-order valence-electron chi connectivity index (χ4n) is 3.29. The first-order valence-electron chi connectivity index (χ1n) is 8.31. The van der Waals surface area contributed by atoms with Gasteiger partial charge in [-0.15, -0.1) is 0 Å². The molecule has 0 radical (unpaired) electrons. The largest absolute Gasteiger partial charge is 0.496 e. The van der Waals surface area contributed by atoms with E-state index in [9.17, 15) is 0 Å². The van der Waals surface area contributed by atoms with Gasteiger partial charge >= 0.3 is 7.12 Å². The molecule has 1 aliphatic heterocycles. The number of halogens is 1. The SMILES string of the molecule is CC1(C)OB(c2cnc(Cl)c(C3CCCCC3)c2)OC1(C)C. The van der Waals surface area contributed by atoms with E-state index in [4.69, 9.17) is 20.9 Å². The zero-order chi connectivity index (χ0) is 16.0. The van der Waals surface area contributed by atoms with E-state index in [0.717, 1.165) is 11.0 Å². The second kappa shape index (κ2) is 5.81. The van der Waals surface area contributed by atoms with Gasteiger partial charge in [-0.2, -0.15) is 0 Å². The maximum absolute atomic E-state index is 6.36. The molecule has 120 valence electrons. The van der Waals surface area contributed by atoms with Gasteiger partial charge < -0.3 is 9.31 Å². The molecule has 2 fully saturated rings. The van der Waals surface area contributed by atoms with Gasteiger partial charge in [-0.3, -0.25) is 0 Å². The summed E-state index contributed by atoms with van der Waals surface area (Å²) in [7, 11) is -0.364. The number of nitrogens with zero attached hydrogens (tertiary/aromatic N) is 1. The fourth-order valence-corrected chi connectivity index (χ4v) is 3.55. The zero-order valence-electron chi connectivity index (χ0n) is 14.0. The van der Waals surface area contributed by atoms with Gasteiger partial charge in [-0.1, -0.05) is 36.9 Å². The van der Waals surface area contributed by atoms with Crippen molar-refractivity contribution in [2.45, 2.75) is 76.9 Å². The molecule has 1 aromatic heterocycles. The highest BCUT2D eigenvalue weighted by Crippen LogP contribution is 2.38. The summed E-state index contributed by atoms with van der Waals surface area (Å²) in [5.74, 6) is 0.524. The summed E-state index contributed by atoms with van der Waals surface area (Å²) in [5.41, 5.74) is 1.47. The molecule has 5 heteroatoms. The van der Waals surface area contributed by atoms with Crippen molar-refractivity contribution in [3.63, 3.8) is 0 Å². The third-order valence-corrected chi connectivity index (χ3v) is 5.77. The second-order valence-electron chi connectivity index (χ2n) is 7.57. The van der Waals surface area contributed by atoms with E-state index in [1.54, 1.807) is 6.20 Å². The van der Waals surface area contributed by atoms with Crippen LogP contribution in [0.4, 0.5) is 0 Å². The number of hydrogen-bond acceptors (Lipinski definition) is 3. The fraction of sp³-hybridized carbons (Fsp3) is 0.706. The monoisotopic (exact) mass is 321 g/mol. The highest BCUT2D eigenvalue weighted by molar-refractivity contribution is 6.62. The Hall–Kier alpha value is -0.575. The van der Waals surface area contributed by atoms with Gasteiger partial charge in [0, 0.05) is 11.7 Å². The van der Waals surface area contributed by atoms with Crippen LogP contribution < -0.4 is 5.46 Å². The first-order valence-corrected chi connectivity index (χ1v) is 8.69. The summed E-state index contributed by atoms with van der Waals surface area (Å²) in [4.78, 5) is 4.40. The minimum Gasteiger partial charge on any atom is -0.399 e. The predicted octanol–water partition coefficient (Wildman–Crippen LogP) is 4.08. The van der Waals surface area contributed by atoms with Crippen LogP contribution in [0, 0.1) is 0 Å². The van der Waals surface area contributed by atoms with Gasteiger partial charge in [0.1, 0.15) is 5.15 Å². The third-order valence-electron chi connectivity index (χ3n) is 5.46. The van der Waals surface area contributed by atoms with Crippen LogP contribution in [0.5, 0.6) is 0 Å². The third kappa shape index (κ3) is 2.93. The van der Waals surface area contributed by atoms with E-state index in [1.807, 2.05) is 0 Å². The molecular weight excluding hydrogens is 296 g/mol. The molecule has 1 saturated carbocycles. The molecule has 1 saturated heterocycles. The van der Waals surface area contributed by atoms with E-state index in [-0.39, 0.29) is 18.3 Å². The molecule has 2 heterocycles. The van der Waals surface area contributed by atoms with Crippen LogP contribution in [0.15, 0.2) is 12.3 Å². The molecule has 0 N–H and O–H groups in total. The average molecular weight is 322 g/mol. The quantitative estimate of drug-likeness (QED) is 0.607. The van der Waals surface area contributed by atoms with Crippen molar-refractivity contribution in [1.82, 2.24) is 4.98 Å². The van der Waals surface area contributed by atoms with Crippen molar-refractivity contribution in [3.8, 4) is 0 Å². The number of rotatable bonds is 2. The van der Waals surface area contributed by atoms with Gasteiger partial charge in [-0.25, -0.2) is 4.98 Å². The molecular formula is C17H25BClNO2. The number of hydrogen-bond donors (Lipinski definition) is 0. The summed E-state index contributed by atoms with van der Waals surface area (Å²) < 4.78 is 12.3. The molecule has 22 heavy (non-hydrogen) atoms. The van der Waals surface area contributed by atoms with Crippen molar-refractivity contribution in [1.29, 1.82) is 0 Å². The van der Waals surface area contributed by atoms with Crippen LogP contribution in [0.3, 0.4) is 0 Å². The Bertz CT molecular complexity index is 540. The molecule has 1 aromatic rings. The zero-order valence-corrected chi connectivity index (χ0v) is 14.7. The second-order valence-corrected chi connectivity index (χ2v) is 7.93. The molecule has 2 aliphatic rings. The Morgan fingerprint density at radius 1 is 1.09 bits per heavy atom. The Morgan fingerprint density at radius 3 is 2.27 bits per heavy atom. The van der Waals surface area contributed by atoms with Crippen molar-refractivity contribution in [2.24, 2.45) is 0 Å². The van der Waals surface area contributed by atoms with Gasteiger partial charge in [0.25, 0.3) is 0 Å². The van der Waals surface area contributed by atoms with Gasteiger partial charge in [0.2, 0.25) is 0 Å². The predicted molar refractivity (Wildman–Crippen MR) is 90.8 cm³/mol. The Labute approximate surface area is 138 Å². The Balaban J connectivity index is 1.87. The molecule has 0 amide bonds. The Morgan fingerprint density at radius 2 is 1.68 bits per heavy atom. The van der Waals surface area contributed by atoms with Crippen molar-refractivity contribution < 1.29 is 9.31 Å². The minimum absolute atomic E-state index is 0.331. The van der Waals surface area contributed by atoms with E-state index >= 15 is 0 Å². The molecule has 3 nitrogen and oxygen atoms in total. The van der Waals surface area contributed by atoms with Gasteiger partial charge in [0.15, 0.2) is 0 Å². The maximum Gasteiger partial charge on any atom is 0.496 e. The normalized spacial score (nSPS) is 24.7. The molecule has 0 aromatic carbocycles.